The Kier molecular flexibility index (Phi) is 5.20. The molecular formula is C13H17NO3. The smallest absolute Gasteiger partial charge is 0.287 e. The zero-order valence-electron chi connectivity index (χ0n) is 10.2. The Morgan fingerprint density at radius 3 is 2.41 bits per heavy atom. The van der Waals surface area contributed by atoms with Crippen molar-refractivity contribution in [2.24, 2.45) is 0 Å². The molecule has 0 spiro atoms. The average molecular weight is 235 g/mol. The summed E-state index contributed by atoms with van der Waals surface area (Å²) in [4.78, 5) is 21.7. The van der Waals surface area contributed by atoms with E-state index >= 15 is 0 Å². The van der Waals surface area contributed by atoms with Crippen LogP contribution in [0.4, 0.5) is 0 Å². The third-order valence-electron chi connectivity index (χ3n) is 2.25. The average Bonchev–Trinajstić information content (AvgIpc) is 2.31. The van der Waals surface area contributed by atoms with Crippen LogP contribution in [-0.4, -0.2) is 24.8 Å². The van der Waals surface area contributed by atoms with Crippen molar-refractivity contribution in [3.8, 4) is 5.75 Å². The van der Waals surface area contributed by atoms with Crippen molar-refractivity contribution < 1.29 is 14.3 Å². The number of nitrogens with one attached hydrogen (secondary N) is 1. The molecule has 0 heterocycles. The van der Waals surface area contributed by atoms with Crippen molar-refractivity contribution in [2.75, 3.05) is 13.2 Å². The van der Waals surface area contributed by atoms with Gasteiger partial charge >= 0.3 is 0 Å². The van der Waals surface area contributed by atoms with E-state index in [-0.39, 0.29) is 0 Å². The Bertz CT molecular complexity index is 384. The van der Waals surface area contributed by atoms with E-state index in [2.05, 4.69) is 5.32 Å². The summed E-state index contributed by atoms with van der Waals surface area (Å²) < 4.78 is 5.32. The minimum atomic E-state index is -0.532. The summed E-state index contributed by atoms with van der Waals surface area (Å²) in [5.41, 5.74) is 1.09. The summed E-state index contributed by atoms with van der Waals surface area (Å²) in [6.07, 6.45) is 0.700. The number of rotatable bonds is 6. The summed E-state index contributed by atoms with van der Waals surface area (Å²) >= 11 is 0. The zero-order valence-corrected chi connectivity index (χ0v) is 10.2. The third kappa shape index (κ3) is 4.68. The molecule has 0 bridgehead atoms. The predicted molar refractivity (Wildman–Crippen MR) is 65.0 cm³/mol. The van der Waals surface area contributed by atoms with Gasteiger partial charge in [-0.15, -0.1) is 0 Å². The molecule has 4 heteroatoms. The number of hydrogen-bond donors (Lipinski definition) is 1. The highest BCUT2D eigenvalue weighted by Gasteiger charge is 2.05. The fourth-order valence-electron chi connectivity index (χ4n) is 1.36. The van der Waals surface area contributed by atoms with Gasteiger partial charge in [-0.1, -0.05) is 12.1 Å². The third-order valence-corrected chi connectivity index (χ3v) is 2.25. The van der Waals surface area contributed by atoms with Crippen molar-refractivity contribution in [3.63, 3.8) is 0 Å². The van der Waals surface area contributed by atoms with Crippen molar-refractivity contribution in [1.82, 2.24) is 5.32 Å². The van der Waals surface area contributed by atoms with Crippen LogP contribution in [0.2, 0.25) is 0 Å². The van der Waals surface area contributed by atoms with E-state index < -0.39 is 11.7 Å². The molecule has 92 valence electrons. The molecule has 0 saturated heterocycles. The van der Waals surface area contributed by atoms with Crippen molar-refractivity contribution in [2.45, 2.75) is 20.3 Å². The van der Waals surface area contributed by atoms with E-state index in [1.54, 1.807) is 0 Å². The first-order valence-corrected chi connectivity index (χ1v) is 5.64. The monoisotopic (exact) mass is 235 g/mol. The molecule has 0 radical (unpaired) electrons. The molecule has 0 aromatic heterocycles. The molecule has 0 aliphatic heterocycles. The Morgan fingerprint density at radius 2 is 1.88 bits per heavy atom. The molecule has 0 saturated carbocycles. The number of carbonyl (C=O) groups is 2. The lowest BCUT2D eigenvalue weighted by Crippen LogP contribution is -2.30. The van der Waals surface area contributed by atoms with Gasteiger partial charge in [-0.25, -0.2) is 0 Å². The fourth-order valence-corrected chi connectivity index (χ4v) is 1.36. The number of hydrogen-bond acceptors (Lipinski definition) is 3. The highest BCUT2D eigenvalue weighted by molar-refractivity contribution is 6.35. The van der Waals surface area contributed by atoms with Crippen LogP contribution in [-0.2, 0) is 16.0 Å². The van der Waals surface area contributed by atoms with Gasteiger partial charge in [-0.05, 0) is 31.0 Å². The van der Waals surface area contributed by atoms with Crippen LogP contribution in [0.5, 0.6) is 5.75 Å². The standard InChI is InChI=1S/C13H17NO3/c1-3-17-12-6-4-11(5-7-12)8-9-14-13(16)10(2)15/h4-7H,3,8-9H2,1-2H3,(H,14,16). The zero-order chi connectivity index (χ0) is 12.7. The van der Waals surface area contributed by atoms with Gasteiger partial charge in [0.1, 0.15) is 5.75 Å². The molecule has 0 unspecified atom stereocenters. The highest BCUT2D eigenvalue weighted by atomic mass is 16.5. The number of Topliss-reactive ketones (excluding diaryl/α,β-unsaturated/α-hetero) is 1. The Labute approximate surface area is 101 Å². The minimum Gasteiger partial charge on any atom is -0.494 e. The molecule has 4 nitrogen and oxygen atoms in total. The second-order valence-electron chi connectivity index (χ2n) is 3.64. The molecule has 0 aliphatic carbocycles. The molecule has 1 aromatic rings. The number of ketones is 1. The Hall–Kier alpha value is -1.84. The van der Waals surface area contributed by atoms with Crippen LogP contribution in [0.15, 0.2) is 24.3 Å². The lowest BCUT2D eigenvalue weighted by molar-refractivity contribution is -0.136. The van der Waals surface area contributed by atoms with E-state index in [9.17, 15) is 9.59 Å². The molecule has 0 aliphatic rings. The van der Waals surface area contributed by atoms with Gasteiger partial charge in [0.15, 0.2) is 0 Å². The molecule has 1 N–H and O–H groups in total. The number of ether oxygens (including phenoxy) is 1. The highest BCUT2D eigenvalue weighted by Crippen LogP contribution is 2.12. The normalized spacial score (nSPS) is 9.76. The number of benzene rings is 1. The predicted octanol–water partition coefficient (Wildman–Crippen LogP) is 1.33. The van der Waals surface area contributed by atoms with Crippen molar-refractivity contribution >= 4 is 11.7 Å². The first-order chi connectivity index (χ1) is 8.13. The van der Waals surface area contributed by atoms with Gasteiger partial charge in [-0.3, -0.25) is 9.59 Å². The fraction of sp³-hybridized carbons (Fsp3) is 0.385. The van der Waals surface area contributed by atoms with Gasteiger partial charge in [0.25, 0.3) is 5.91 Å². The van der Waals surface area contributed by atoms with Gasteiger partial charge < -0.3 is 10.1 Å². The number of amides is 1. The lowest BCUT2D eigenvalue weighted by atomic mass is 10.1. The van der Waals surface area contributed by atoms with Gasteiger partial charge in [-0.2, -0.15) is 0 Å². The van der Waals surface area contributed by atoms with E-state index in [0.717, 1.165) is 11.3 Å². The molecule has 0 atom stereocenters. The van der Waals surface area contributed by atoms with Crippen LogP contribution < -0.4 is 10.1 Å². The topological polar surface area (TPSA) is 55.4 Å². The summed E-state index contributed by atoms with van der Waals surface area (Å²) in [5.74, 6) is -0.156. The lowest BCUT2D eigenvalue weighted by Gasteiger charge is -2.05. The minimum absolute atomic E-state index is 0.461. The maximum Gasteiger partial charge on any atom is 0.287 e. The van der Waals surface area contributed by atoms with Gasteiger partial charge in [0.05, 0.1) is 6.61 Å². The molecule has 0 fully saturated rings. The van der Waals surface area contributed by atoms with Gasteiger partial charge in [0.2, 0.25) is 5.78 Å². The largest absolute Gasteiger partial charge is 0.494 e. The number of carbonyl (C=O) groups excluding carboxylic acids is 2. The summed E-state index contributed by atoms with van der Waals surface area (Å²) in [5, 5.41) is 2.55. The first kappa shape index (κ1) is 13.2. The van der Waals surface area contributed by atoms with Crippen molar-refractivity contribution in [3.05, 3.63) is 29.8 Å². The quantitative estimate of drug-likeness (QED) is 0.757. The van der Waals surface area contributed by atoms with E-state index in [1.165, 1.54) is 6.92 Å². The second kappa shape index (κ2) is 6.68. The molecule has 1 aromatic carbocycles. The van der Waals surface area contributed by atoms with E-state index in [4.69, 9.17) is 4.74 Å². The van der Waals surface area contributed by atoms with E-state index in [0.29, 0.717) is 19.6 Å². The second-order valence-corrected chi connectivity index (χ2v) is 3.64. The van der Waals surface area contributed by atoms with Crippen LogP contribution in [0.25, 0.3) is 0 Å². The molecule has 1 rings (SSSR count). The van der Waals surface area contributed by atoms with Gasteiger partial charge in [0, 0.05) is 13.5 Å². The summed E-state index contributed by atoms with van der Waals surface area (Å²) in [6.45, 7) is 4.30. The SMILES string of the molecule is CCOc1ccc(CCNC(=O)C(C)=O)cc1. The Balaban J connectivity index is 2.37. The molecular weight excluding hydrogens is 218 g/mol. The molecule has 17 heavy (non-hydrogen) atoms. The summed E-state index contributed by atoms with van der Waals surface area (Å²) in [7, 11) is 0. The maximum atomic E-state index is 11.0. The van der Waals surface area contributed by atoms with Crippen molar-refractivity contribution in [1.29, 1.82) is 0 Å². The van der Waals surface area contributed by atoms with E-state index in [1.807, 2.05) is 31.2 Å². The van der Waals surface area contributed by atoms with Crippen LogP contribution in [0.3, 0.4) is 0 Å². The Morgan fingerprint density at radius 1 is 1.24 bits per heavy atom. The van der Waals surface area contributed by atoms with Crippen LogP contribution in [0.1, 0.15) is 19.4 Å². The van der Waals surface area contributed by atoms with Crippen LogP contribution >= 0.6 is 0 Å². The molecule has 1 amide bonds. The summed E-state index contributed by atoms with van der Waals surface area (Å²) in [6, 6.07) is 7.69. The first-order valence-electron chi connectivity index (χ1n) is 5.64. The maximum absolute atomic E-state index is 11.0. The van der Waals surface area contributed by atoms with Crippen LogP contribution in [0, 0.1) is 0 Å².